The molecule has 1 atom stereocenters. The first-order valence-corrected chi connectivity index (χ1v) is 7.48. The van der Waals surface area contributed by atoms with E-state index >= 15 is 0 Å². The van der Waals surface area contributed by atoms with Crippen molar-refractivity contribution in [3.8, 4) is 0 Å². The number of aliphatic hydroxyl groups is 1. The minimum atomic E-state index is -0.119. The number of aromatic nitrogens is 1. The fraction of sp³-hybridized carbons (Fsp3) is 0.786. The van der Waals surface area contributed by atoms with E-state index in [1.807, 2.05) is 6.20 Å². The van der Waals surface area contributed by atoms with Crippen LogP contribution in [0, 0.1) is 5.92 Å². The van der Waals surface area contributed by atoms with Crippen LogP contribution in [0.15, 0.2) is 6.20 Å². The molecule has 0 saturated heterocycles. The van der Waals surface area contributed by atoms with E-state index in [4.69, 9.17) is 0 Å². The Bertz CT molecular complexity index is 406. The average Bonchev–Trinajstić information content (AvgIpc) is 3.04. The predicted octanol–water partition coefficient (Wildman–Crippen LogP) is 2.69. The Balaban J connectivity index is 1.96. The monoisotopic (exact) mass is 268 g/mol. The van der Waals surface area contributed by atoms with E-state index in [1.165, 1.54) is 22.7 Å². The molecule has 1 unspecified atom stereocenters. The molecule has 1 fully saturated rings. The average molecular weight is 268 g/mol. The zero-order valence-electron chi connectivity index (χ0n) is 11.8. The standard InChI is InChI=1S/C14H24N2OS/c1-13(2,3)12-15-7-11(18-12)8-16-14(4,9-17)10-5-6-10/h7,10,16-17H,5-6,8-9H2,1-4H3. The molecule has 1 saturated carbocycles. The maximum atomic E-state index is 9.53. The second-order valence-electron chi connectivity index (χ2n) is 6.59. The van der Waals surface area contributed by atoms with Gasteiger partial charge < -0.3 is 10.4 Å². The van der Waals surface area contributed by atoms with Crippen LogP contribution in [0.5, 0.6) is 0 Å². The molecule has 0 amide bonds. The highest BCUT2D eigenvalue weighted by Gasteiger charge is 2.40. The lowest BCUT2D eigenvalue weighted by molar-refractivity contribution is 0.154. The van der Waals surface area contributed by atoms with Crippen molar-refractivity contribution < 1.29 is 5.11 Å². The van der Waals surface area contributed by atoms with Gasteiger partial charge in [0.05, 0.1) is 11.6 Å². The number of aliphatic hydroxyl groups excluding tert-OH is 1. The van der Waals surface area contributed by atoms with Crippen LogP contribution in [0.4, 0.5) is 0 Å². The summed E-state index contributed by atoms with van der Waals surface area (Å²) in [5, 5.41) is 14.2. The lowest BCUT2D eigenvalue weighted by Gasteiger charge is -2.28. The molecule has 3 nitrogen and oxygen atoms in total. The smallest absolute Gasteiger partial charge is 0.0981 e. The molecule has 0 aromatic carbocycles. The van der Waals surface area contributed by atoms with Crippen LogP contribution in [0.1, 0.15) is 50.4 Å². The highest BCUT2D eigenvalue weighted by atomic mass is 32.1. The normalized spacial score (nSPS) is 19.8. The predicted molar refractivity (Wildman–Crippen MR) is 75.9 cm³/mol. The molecule has 0 spiro atoms. The zero-order valence-corrected chi connectivity index (χ0v) is 12.6. The molecule has 1 aliphatic rings. The van der Waals surface area contributed by atoms with E-state index in [1.54, 1.807) is 11.3 Å². The van der Waals surface area contributed by atoms with Crippen LogP contribution in [-0.2, 0) is 12.0 Å². The molecule has 0 radical (unpaired) electrons. The molecule has 18 heavy (non-hydrogen) atoms. The molecule has 1 heterocycles. The third-order valence-electron chi connectivity index (χ3n) is 3.67. The summed E-state index contributed by atoms with van der Waals surface area (Å²) in [6, 6.07) is 0. The quantitative estimate of drug-likeness (QED) is 0.863. The van der Waals surface area contributed by atoms with Crippen LogP contribution in [0.25, 0.3) is 0 Å². The van der Waals surface area contributed by atoms with Crippen LogP contribution < -0.4 is 5.32 Å². The number of thiazole rings is 1. The van der Waals surface area contributed by atoms with Crippen LogP contribution in [0.2, 0.25) is 0 Å². The fourth-order valence-corrected chi connectivity index (χ4v) is 2.98. The summed E-state index contributed by atoms with van der Waals surface area (Å²) < 4.78 is 0. The Morgan fingerprint density at radius 2 is 2.06 bits per heavy atom. The van der Waals surface area contributed by atoms with Crippen LogP contribution in [0.3, 0.4) is 0 Å². The third kappa shape index (κ3) is 3.11. The van der Waals surface area contributed by atoms with Crippen molar-refractivity contribution in [1.82, 2.24) is 10.3 Å². The summed E-state index contributed by atoms with van der Waals surface area (Å²) in [6.07, 6.45) is 4.43. The molecule has 2 N–H and O–H groups in total. The zero-order chi connectivity index (χ0) is 13.4. The molecule has 0 aliphatic heterocycles. The number of hydrogen-bond acceptors (Lipinski definition) is 4. The number of rotatable bonds is 5. The lowest BCUT2D eigenvalue weighted by atomic mass is 9.97. The molecule has 0 bridgehead atoms. The number of hydrogen-bond donors (Lipinski definition) is 2. The van der Waals surface area contributed by atoms with E-state index in [0.717, 1.165) is 6.54 Å². The summed E-state index contributed by atoms with van der Waals surface area (Å²) in [5.41, 5.74) is 0.00553. The minimum Gasteiger partial charge on any atom is -0.394 e. The van der Waals surface area contributed by atoms with Gasteiger partial charge in [0.25, 0.3) is 0 Å². The summed E-state index contributed by atoms with van der Waals surface area (Å²) in [6.45, 7) is 9.70. The second-order valence-corrected chi connectivity index (χ2v) is 7.70. The van der Waals surface area contributed by atoms with Crippen molar-refractivity contribution in [3.63, 3.8) is 0 Å². The molecule has 102 valence electrons. The highest BCUT2D eigenvalue weighted by Crippen LogP contribution is 2.39. The number of nitrogens with one attached hydrogen (secondary N) is 1. The minimum absolute atomic E-state index is 0.119. The molecular weight excluding hydrogens is 244 g/mol. The van der Waals surface area contributed by atoms with Gasteiger partial charge in [-0.2, -0.15) is 0 Å². The van der Waals surface area contributed by atoms with Gasteiger partial charge in [0.1, 0.15) is 0 Å². The first-order valence-electron chi connectivity index (χ1n) is 6.66. The van der Waals surface area contributed by atoms with Gasteiger partial charge in [-0.1, -0.05) is 20.8 Å². The van der Waals surface area contributed by atoms with E-state index in [2.05, 4.69) is 38.0 Å². The maximum Gasteiger partial charge on any atom is 0.0981 e. The molecule has 4 heteroatoms. The van der Waals surface area contributed by atoms with E-state index in [0.29, 0.717) is 5.92 Å². The van der Waals surface area contributed by atoms with Crippen molar-refractivity contribution in [1.29, 1.82) is 0 Å². The highest BCUT2D eigenvalue weighted by molar-refractivity contribution is 7.11. The molecule has 1 aliphatic carbocycles. The van der Waals surface area contributed by atoms with Gasteiger partial charge in [-0.3, -0.25) is 0 Å². The first kappa shape index (κ1) is 14.0. The summed E-state index contributed by atoms with van der Waals surface area (Å²) in [4.78, 5) is 5.74. The van der Waals surface area contributed by atoms with Gasteiger partial charge in [0.15, 0.2) is 0 Å². The molecule has 1 aromatic heterocycles. The van der Waals surface area contributed by atoms with E-state index in [-0.39, 0.29) is 17.6 Å². The van der Waals surface area contributed by atoms with Crippen molar-refractivity contribution in [3.05, 3.63) is 16.1 Å². The van der Waals surface area contributed by atoms with Crippen LogP contribution >= 0.6 is 11.3 Å². The molecule has 1 aromatic rings. The topological polar surface area (TPSA) is 45.2 Å². The van der Waals surface area contributed by atoms with Gasteiger partial charge in [0.2, 0.25) is 0 Å². The van der Waals surface area contributed by atoms with Crippen molar-refractivity contribution >= 4 is 11.3 Å². The van der Waals surface area contributed by atoms with Gasteiger partial charge in [-0.25, -0.2) is 4.98 Å². The maximum absolute atomic E-state index is 9.53. The van der Waals surface area contributed by atoms with Crippen molar-refractivity contribution in [2.24, 2.45) is 5.92 Å². The Kier molecular flexibility index (Phi) is 3.81. The van der Waals surface area contributed by atoms with Crippen molar-refractivity contribution in [2.45, 2.75) is 58.0 Å². The van der Waals surface area contributed by atoms with Gasteiger partial charge in [-0.05, 0) is 25.7 Å². The van der Waals surface area contributed by atoms with Gasteiger partial charge >= 0.3 is 0 Å². The third-order valence-corrected chi connectivity index (χ3v) is 5.09. The second kappa shape index (κ2) is 4.91. The summed E-state index contributed by atoms with van der Waals surface area (Å²) in [5.74, 6) is 0.637. The Labute approximate surface area is 114 Å². The SMILES string of the molecule is CC(C)(C)c1ncc(CNC(C)(CO)C2CC2)s1. The lowest BCUT2D eigenvalue weighted by Crippen LogP contribution is -2.47. The van der Waals surface area contributed by atoms with Gasteiger partial charge in [0, 0.05) is 28.6 Å². The Hall–Kier alpha value is -0.450. The molecular formula is C14H24N2OS. The molecule has 2 rings (SSSR count). The van der Waals surface area contributed by atoms with E-state index < -0.39 is 0 Å². The fourth-order valence-electron chi connectivity index (χ4n) is 2.07. The van der Waals surface area contributed by atoms with Crippen LogP contribution in [-0.4, -0.2) is 22.2 Å². The Morgan fingerprint density at radius 1 is 1.39 bits per heavy atom. The Morgan fingerprint density at radius 3 is 2.50 bits per heavy atom. The summed E-state index contributed by atoms with van der Waals surface area (Å²) >= 11 is 1.77. The van der Waals surface area contributed by atoms with Gasteiger partial charge in [-0.15, -0.1) is 11.3 Å². The largest absolute Gasteiger partial charge is 0.394 e. The van der Waals surface area contributed by atoms with E-state index in [9.17, 15) is 5.11 Å². The number of nitrogens with zero attached hydrogens (tertiary/aromatic N) is 1. The van der Waals surface area contributed by atoms with Crippen molar-refractivity contribution in [2.75, 3.05) is 6.61 Å². The first-order chi connectivity index (χ1) is 8.35. The summed E-state index contributed by atoms with van der Waals surface area (Å²) in [7, 11) is 0.